The molecule has 22 heavy (non-hydrogen) atoms. The van der Waals surface area contributed by atoms with Crippen LogP contribution in [0, 0.1) is 0 Å². The lowest BCUT2D eigenvalue weighted by Crippen LogP contribution is -2.24. The molecule has 0 spiro atoms. The van der Waals surface area contributed by atoms with E-state index in [0.29, 0.717) is 5.56 Å². The van der Waals surface area contributed by atoms with Gasteiger partial charge in [-0.3, -0.25) is 4.79 Å². The minimum atomic E-state index is -4.35. The number of rotatable bonds is 4. The van der Waals surface area contributed by atoms with E-state index in [1.54, 1.807) is 24.3 Å². The summed E-state index contributed by atoms with van der Waals surface area (Å²) in [4.78, 5) is 12.6. The summed E-state index contributed by atoms with van der Waals surface area (Å²) in [7, 11) is 0. The average Bonchev–Trinajstić information content (AvgIpc) is 2.47. The molecular formula is C16H14F3NOS. The summed E-state index contributed by atoms with van der Waals surface area (Å²) in [5.74, 6) is -0.188. The molecule has 0 unspecified atom stereocenters. The van der Waals surface area contributed by atoms with Crippen LogP contribution in [0.4, 0.5) is 13.2 Å². The van der Waals surface area contributed by atoms with Crippen LogP contribution in [0.5, 0.6) is 0 Å². The standard InChI is InChI=1S/C16H14F3NOS/c17-16(18,19)13-5-1-12(2-6-13)10-20-15(21)9-11-3-7-14(22)8-4-11/h1-8,22H,9-10H2,(H,20,21). The van der Waals surface area contributed by atoms with E-state index < -0.39 is 11.7 Å². The van der Waals surface area contributed by atoms with Crippen molar-refractivity contribution in [3.63, 3.8) is 0 Å². The van der Waals surface area contributed by atoms with Gasteiger partial charge < -0.3 is 5.32 Å². The summed E-state index contributed by atoms with van der Waals surface area (Å²) in [6.07, 6.45) is -4.13. The summed E-state index contributed by atoms with van der Waals surface area (Å²) in [6, 6.07) is 11.9. The first-order valence-corrected chi connectivity index (χ1v) is 7.00. The predicted molar refractivity (Wildman–Crippen MR) is 80.7 cm³/mol. The summed E-state index contributed by atoms with van der Waals surface area (Å²) in [5, 5.41) is 2.68. The number of thiol groups is 1. The summed E-state index contributed by atoms with van der Waals surface area (Å²) in [6.45, 7) is 0.196. The number of halogens is 3. The molecule has 0 saturated carbocycles. The number of alkyl halides is 3. The van der Waals surface area contributed by atoms with E-state index in [-0.39, 0.29) is 18.9 Å². The van der Waals surface area contributed by atoms with Crippen molar-refractivity contribution in [3.8, 4) is 0 Å². The molecule has 0 heterocycles. The second-order valence-electron chi connectivity index (χ2n) is 4.81. The number of nitrogens with one attached hydrogen (secondary N) is 1. The van der Waals surface area contributed by atoms with Crippen molar-refractivity contribution in [3.05, 3.63) is 65.2 Å². The Bertz CT molecular complexity index is 636. The fraction of sp³-hybridized carbons (Fsp3) is 0.188. The van der Waals surface area contributed by atoms with Gasteiger partial charge in [-0.2, -0.15) is 13.2 Å². The zero-order valence-electron chi connectivity index (χ0n) is 11.5. The fourth-order valence-corrected chi connectivity index (χ4v) is 2.02. The van der Waals surface area contributed by atoms with Crippen molar-refractivity contribution in [1.29, 1.82) is 0 Å². The molecule has 0 aliphatic heterocycles. The van der Waals surface area contributed by atoms with Crippen LogP contribution in [-0.2, 0) is 23.9 Å². The Morgan fingerprint density at radius 2 is 1.50 bits per heavy atom. The fourth-order valence-electron chi connectivity index (χ4n) is 1.87. The minimum Gasteiger partial charge on any atom is -0.352 e. The van der Waals surface area contributed by atoms with Gasteiger partial charge in [0.05, 0.1) is 12.0 Å². The molecule has 0 atom stereocenters. The molecule has 0 saturated heterocycles. The molecule has 1 N–H and O–H groups in total. The van der Waals surface area contributed by atoms with Crippen molar-refractivity contribution in [1.82, 2.24) is 5.32 Å². The van der Waals surface area contributed by atoms with Crippen LogP contribution in [0.3, 0.4) is 0 Å². The van der Waals surface area contributed by atoms with Crippen LogP contribution in [-0.4, -0.2) is 5.91 Å². The lowest BCUT2D eigenvalue weighted by atomic mass is 10.1. The van der Waals surface area contributed by atoms with Gasteiger partial charge >= 0.3 is 6.18 Å². The number of benzene rings is 2. The lowest BCUT2D eigenvalue weighted by molar-refractivity contribution is -0.137. The largest absolute Gasteiger partial charge is 0.416 e. The Morgan fingerprint density at radius 1 is 0.955 bits per heavy atom. The lowest BCUT2D eigenvalue weighted by Gasteiger charge is -2.09. The van der Waals surface area contributed by atoms with E-state index in [4.69, 9.17) is 0 Å². The van der Waals surface area contributed by atoms with Crippen LogP contribution in [0.15, 0.2) is 53.4 Å². The highest BCUT2D eigenvalue weighted by atomic mass is 32.1. The second-order valence-corrected chi connectivity index (χ2v) is 5.33. The van der Waals surface area contributed by atoms with Crippen molar-refractivity contribution in [2.45, 2.75) is 24.0 Å². The first-order valence-electron chi connectivity index (χ1n) is 6.55. The SMILES string of the molecule is O=C(Cc1ccc(S)cc1)NCc1ccc(C(F)(F)F)cc1. The van der Waals surface area contributed by atoms with Crippen molar-refractivity contribution < 1.29 is 18.0 Å². The molecule has 0 radical (unpaired) electrons. The average molecular weight is 325 g/mol. The van der Waals surface area contributed by atoms with Crippen molar-refractivity contribution in [2.75, 3.05) is 0 Å². The molecule has 1 amide bonds. The van der Waals surface area contributed by atoms with Gasteiger partial charge in [-0.1, -0.05) is 24.3 Å². The maximum absolute atomic E-state index is 12.4. The van der Waals surface area contributed by atoms with Crippen LogP contribution in [0.25, 0.3) is 0 Å². The van der Waals surface area contributed by atoms with Gasteiger partial charge in [0.1, 0.15) is 0 Å². The first-order chi connectivity index (χ1) is 10.3. The number of hydrogen-bond acceptors (Lipinski definition) is 2. The van der Waals surface area contributed by atoms with Gasteiger partial charge in [-0.25, -0.2) is 0 Å². The third-order valence-corrected chi connectivity index (χ3v) is 3.37. The van der Waals surface area contributed by atoms with Gasteiger partial charge in [-0.15, -0.1) is 12.6 Å². The van der Waals surface area contributed by atoms with E-state index in [0.717, 1.165) is 22.6 Å². The molecule has 0 aliphatic rings. The number of carbonyl (C=O) groups excluding carboxylic acids is 1. The van der Waals surface area contributed by atoms with Crippen LogP contribution >= 0.6 is 12.6 Å². The first kappa shape index (κ1) is 16.4. The summed E-state index contributed by atoms with van der Waals surface area (Å²) >= 11 is 4.16. The molecule has 116 valence electrons. The molecule has 0 bridgehead atoms. The Hall–Kier alpha value is -1.95. The maximum atomic E-state index is 12.4. The smallest absolute Gasteiger partial charge is 0.352 e. The summed E-state index contributed by atoms with van der Waals surface area (Å²) < 4.78 is 37.3. The third kappa shape index (κ3) is 4.80. The topological polar surface area (TPSA) is 29.1 Å². The van der Waals surface area contributed by atoms with Gasteiger partial charge in [0, 0.05) is 11.4 Å². The van der Waals surface area contributed by atoms with Crippen LogP contribution in [0.1, 0.15) is 16.7 Å². The molecule has 2 nitrogen and oxygen atoms in total. The monoisotopic (exact) mass is 325 g/mol. The van der Waals surface area contributed by atoms with E-state index in [1.807, 2.05) is 0 Å². The van der Waals surface area contributed by atoms with Gasteiger partial charge in [0.25, 0.3) is 0 Å². The highest BCUT2D eigenvalue weighted by Gasteiger charge is 2.29. The van der Waals surface area contributed by atoms with Crippen LogP contribution < -0.4 is 5.32 Å². The molecule has 2 aromatic rings. The zero-order chi connectivity index (χ0) is 16.2. The van der Waals surface area contributed by atoms with Gasteiger partial charge in [0.2, 0.25) is 5.91 Å². The third-order valence-electron chi connectivity index (χ3n) is 3.07. The van der Waals surface area contributed by atoms with Crippen molar-refractivity contribution >= 4 is 18.5 Å². The predicted octanol–water partition coefficient (Wildman–Crippen LogP) is 3.85. The highest BCUT2D eigenvalue weighted by Crippen LogP contribution is 2.29. The van der Waals surface area contributed by atoms with E-state index in [9.17, 15) is 18.0 Å². The van der Waals surface area contributed by atoms with Gasteiger partial charge in [-0.05, 0) is 35.4 Å². The van der Waals surface area contributed by atoms with Gasteiger partial charge in [0.15, 0.2) is 0 Å². The number of carbonyl (C=O) groups is 1. The molecule has 0 aromatic heterocycles. The highest BCUT2D eigenvalue weighted by molar-refractivity contribution is 7.80. The minimum absolute atomic E-state index is 0.188. The molecule has 0 fully saturated rings. The van der Waals surface area contributed by atoms with E-state index in [1.165, 1.54) is 12.1 Å². The van der Waals surface area contributed by atoms with E-state index in [2.05, 4.69) is 17.9 Å². The molecule has 6 heteroatoms. The second kappa shape index (κ2) is 6.87. The maximum Gasteiger partial charge on any atom is 0.416 e. The number of amides is 1. The molecule has 0 aliphatic carbocycles. The van der Waals surface area contributed by atoms with E-state index >= 15 is 0 Å². The zero-order valence-corrected chi connectivity index (χ0v) is 12.4. The Labute approximate surface area is 131 Å². The number of hydrogen-bond donors (Lipinski definition) is 2. The van der Waals surface area contributed by atoms with Crippen LogP contribution in [0.2, 0.25) is 0 Å². The van der Waals surface area contributed by atoms with Crippen molar-refractivity contribution in [2.24, 2.45) is 0 Å². The quantitative estimate of drug-likeness (QED) is 0.822. The molecular weight excluding hydrogens is 311 g/mol. The molecule has 2 rings (SSSR count). The Kier molecular flexibility index (Phi) is 5.13. The molecule has 2 aromatic carbocycles. The Balaban J connectivity index is 1.87. The summed E-state index contributed by atoms with van der Waals surface area (Å²) in [5.41, 5.74) is 0.768. The normalized spacial score (nSPS) is 11.3. The Morgan fingerprint density at radius 3 is 2.05 bits per heavy atom.